The standard InChI is InChI=1S/C19H27N5O2/c1-13(2)26-16-6-4-5-14(11-16)12-17(25)21-19-22-18(23-24(19)3)15-7-9-20-10-8-15/h4-6,11,13,15,20H,7-10,12H2,1-3H3,(H,21,22,23,25). The van der Waals surface area contributed by atoms with E-state index in [4.69, 9.17) is 4.74 Å². The van der Waals surface area contributed by atoms with Crippen molar-refractivity contribution in [3.63, 3.8) is 0 Å². The van der Waals surface area contributed by atoms with Crippen molar-refractivity contribution >= 4 is 11.9 Å². The van der Waals surface area contributed by atoms with Gasteiger partial charge in [0.15, 0.2) is 5.82 Å². The Hall–Kier alpha value is -2.41. The van der Waals surface area contributed by atoms with E-state index in [-0.39, 0.29) is 18.4 Å². The average molecular weight is 357 g/mol. The number of piperidine rings is 1. The van der Waals surface area contributed by atoms with Crippen LogP contribution in [0.25, 0.3) is 0 Å². The second-order valence-corrected chi connectivity index (χ2v) is 6.98. The second kappa shape index (κ2) is 8.31. The molecule has 0 saturated carbocycles. The highest BCUT2D eigenvalue weighted by Gasteiger charge is 2.21. The van der Waals surface area contributed by atoms with Crippen molar-refractivity contribution in [1.29, 1.82) is 0 Å². The number of nitrogens with one attached hydrogen (secondary N) is 2. The van der Waals surface area contributed by atoms with Crippen LogP contribution in [-0.4, -0.2) is 39.9 Å². The third kappa shape index (κ3) is 4.82. The minimum absolute atomic E-state index is 0.103. The van der Waals surface area contributed by atoms with Crippen LogP contribution in [0, 0.1) is 0 Å². The molecule has 26 heavy (non-hydrogen) atoms. The number of nitrogens with zero attached hydrogens (tertiary/aromatic N) is 3. The lowest BCUT2D eigenvalue weighted by molar-refractivity contribution is -0.115. The minimum Gasteiger partial charge on any atom is -0.491 e. The summed E-state index contributed by atoms with van der Waals surface area (Å²) in [5, 5.41) is 10.7. The monoisotopic (exact) mass is 357 g/mol. The third-order valence-corrected chi connectivity index (χ3v) is 4.37. The van der Waals surface area contributed by atoms with E-state index in [2.05, 4.69) is 20.7 Å². The molecule has 1 aromatic heterocycles. The summed E-state index contributed by atoms with van der Waals surface area (Å²) in [6.45, 7) is 5.93. The molecule has 7 nitrogen and oxygen atoms in total. The molecule has 0 spiro atoms. The highest BCUT2D eigenvalue weighted by molar-refractivity contribution is 5.90. The van der Waals surface area contributed by atoms with Gasteiger partial charge >= 0.3 is 0 Å². The number of hydrogen-bond donors (Lipinski definition) is 2. The van der Waals surface area contributed by atoms with Gasteiger partial charge in [0.25, 0.3) is 0 Å². The van der Waals surface area contributed by atoms with Crippen LogP contribution in [0.3, 0.4) is 0 Å². The Morgan fingerprint density at radius 2 is 2.15 bits per heavy atom. The van der Waals surface area contributed by atoms with Crippen LogP contribution in [0.15, 0.2) is 24.3 Å². The molecule has 0 radical (unpaired) electrons. The molecular weight excluding hydrogens is 330 g/mol. The molecule has 0 unspecified atom stereocenters. The smallest absolute Gasteiger partial charge is 0.231 e. The van der Waals surface area contributed by atoms with E-state index in [9.17, 15) is 4.79 Å². The van der Waals surface area contributed by atoms with Crippen LogP contribution in [-0.2, 0) is 18.3 Å². The van der Waals surface area contributed by atoms with Gasteiger partial charge in [-0.3, -0.25) is 10.1 Å². The molecule has 1 aliphatic heterocycles. The predicted octanol–water partition coefficient (Wildman–Crippen LogP) is 2.25. The van der Waals surface area contributed by atoms with Gasteiger partial charge in [-0.15, -0.1) is 0 Å². The Bertz CT molecular complexity index is 750. The molecule has 0 aliphatic carbocycles. The average Bonchev–Trinajstić information content (AvgIpc) is 2.96. The fourth-order valence-corrected chi connectivity index (χ4v) is 3.12. The maximum Gasteiger partial charge on any atom is 0.231 e. The van der Waals surface area contributed by atoms with Gasteiger partial charge in [-0.1, -0.05) is 12.1 Å². The van der Waals surface area contributed by atoms with Gasteiger partial charge in [-0.25, -0.2) is 4.68 Å². The van der Waals surface area contributed by atoms with Gasteiger partial charge in [0.05, 0.1) is 12.5 Å². The van der Waals surface area contributed by atoms with Crippen molar-refractivity contribution in [1.82, 2.24) is 20.1 Å². The predicted molar refractivity (Wildman–Crippen MR) is 100 cm³/mol. The summed E-state index contributed by atoms with van der Waals surface area (Å²) in [4.78, 5) is 16.9. The SMILES string of the molecule is CC(C)Oc1cccc(CC(=O)Nc2nc(C3CCNCC3)nn2C)c1. The minimum atomic E-state index is -0.112. The maximum absolute atomic E-state index is 12.4. The third-order valence-electron chi connectivity index (χ3n) is 4.37. The first-order valence-electron chi connectivity index (χ1n) is 9.18. The number of carbonyl (C=O) groups excluding carboxylic acids is 1. The molecule has 2 aromatic rings. The Balaban J connectivity index is 1.62. The first-order valence-corrected chi connectivity index (χ1v) is 9.18. The summed E-state index contributed by atoms with van der Waals surface area (Å²) >= 11 is 0. The second-order valence-electron chi connectivity index (χ2n) is 6.98. The molecule has 7 heteroatoms. The van der Waals surface area contributed by atoms with Crippen LogP contribution in [0.5, 0.6) is 5.75 Å². The normalized spacial score (nSPS) is 15.2. The van der Waals surface area contributed by atoms with Gasteiger partial charge in [-0.2, -0.15) is 10.1 Å². The highest BCUT2D eigenvalue weighted by atomic mass is 16.5. The van der Waals surface area contributed by atoms with Crippen molar-refractivity contribution in [3.05, 3.63) is 35.7 Å². The van der Waals surface area contributed by atoms with Gasteiger partial charge in [0.2, 0.25) is 11.9 Å². The lowest BCUT2D eigenvalue weighted by atomic mass is 9.98. The van der Waals surface area contributed by atoms with Crippen molar-refractivity contribution in [3.8, 4) is 5.75 Å². The quantitative estimate of drug-likeness (QED) is 0.829. The fourth-order valence-electron chi connectivity index (χ4n) is 3.12. The van der Waals surface area contributed by atoms with Crippen molar-refractivity contribution in [2.75, 3.05) is 18.4 Å². The van der Waals surface area contributed by atoms with Crippen LogP contribution in [0.1, 0.15) is 44.0 Å². The van der Waals surface area contributed by atoms with E-state index in [1.54, 1.807) is 4.68 Å². The first kappa shape index (κ1) is 18.4. The van der Waals surface area contributed by atoms with E-state index in [0.717, 1.165) is 43.1 Å². The van der Waals surface area contributed by atoms with Gasteiger partial charge < -0.3 is 10.1 Å². The molecule has 2 heterocycles. The number of anilines is 1. The topological polar surface area (TPSA) is 81.1 Å². The van der Waals surface area contributed by atoms with Gasteiger partial charge in [0.1, 0.15) is 5.75 Å². The Labute approximate surface area is 154 Å². The number of ether oxygens (including phenoxy) is 1. The number of hydrogen-bond acceptors (Lipinski definition) is 5. The number of amides is 1. The van der Waals surface area contributed by atoms with E-state index in [0.29, 0.717) is 11.9 Å². The van der Waals surface area contributed by atoms with Crippen molar-refractivity contribution in [2.45, 2.75) is 45.1 Å². The number of rotatable bonds is 6. The van der Waals surface area contributed by atoms with Crippen LogP contribution in [0.2, 0.25) is 0 Å². The van der Waals surface area contributed by atoms with Crippen LogP contribution < -0.4 is 15.4 Å². The summed E-state index contributed by atoms with van der Waals surface area (Å²) in [5.74, 6) is 2.34. The summed E-state index contributed by atoms with van der Waals surface area (Å²) in [5.41, 5.74) is 0.904. The highest BCUT2D eigenvalue weighted by Crippen LogP contribution is 2.23. The summed E-state index contributed by atoms with van der Waals surface area (Å²) in [6.07, 6.45) is 2.43. The molecule has 0 bridgehead atoms. The zero-order valence-corrected chi connectivity index (χ0v) is 15.7. The molecule has 1 fully saturated rings. The van der Waals surface area contributed by atoms with Crippen LogP contribution >= 0.6 is 0 Å². The Morgan fingerprint density at radius 3 is 2.88 bits per heavy atom. The van der Waals surface area contributed by atoms with E-state index < -0.39 is 0 Å². The molecule has 140 valence electrons. The number of benzene rings is 1. The fraction of sp³-hybridized carbons (Fsp3) is 0.526. The van der Waals surface area contributed by atoms with Crippen LogP contribution in [0.4, 0.5) is 5.95 Å². The molecule has 2 N–H and O–H groups in total. The van der Waals surface area contributed by atoms with E-state index in [1.165, 1.54) is 0 Å². The maximum atomic E-state index is 12.4. The summed E-state index contributed by atoms with van der Waals surface area (Å²) in [7, 11) is 1.81. The number of carbonyl (C=O) groups is 1. The molecule has 1 amide bonds. The molecule has 3 rings (SSSR count). The Kier molecular flexibility index (Phi) is 5.88. The molecule has 0 atom stereocenters. The molecule has 1 aliphatic rings. The van der Waals surface area contributed by atoms with Crippen molar-refractivity contribution < 1.29 is 9.53 Å². The van der Waals surface area contributed by atoms with E-state index >= 15 is 0 Å². The largest absolute Gasteiger partial charge is 0.491 e. The van der Waals surface area contributed by atoms with Crippen molar-refractivity contribution in [2.24, 2.45) is 7.05 Å². The summed E-state index contributed by atoms with van der Waals surface area (Å²) in [6, 6.07) is 7.62. The van der Waals surface area contributed by atoms with E-state index in [1.807, 2.05) is 45.2 Å². The lowest BCUT2D eigenvalue weighted by Crippen LogP contribution is -2.27. The van der Waals surface area contributed by atoms with Gasteiger partial charge in [-0.05, 0) is 57.5 Å². The Morgan fingerprint density at radius 1 is 1.38 bits per heavy atom. The lowest BCUT2D eigenvalue weighted by Gasteiger charge is -2.19. The number of aromatic nitrogens is 3. The van der Waals surface area contributed by atoms with Gasteiger partial charge in [0, 0.05) is 13.0 Å². The zero-order valence-electron chi connectivity index (χ0n) is 15.7. The molecular formula is C19H27N5O2. The zero-order chi connectivity index (χ0) is 18.5. The number of aryl methyl sites for hydroxylation is 1. The molecule has 1 aromatic carbocycles. The summed E-state index contributed by atoms with van der Waals surface area (Å²) < 4.78 is 7.33. The first-order chi connectivity index (χ1) is 12.5. The molecule has 1 saturated heterocycles.